The van der Waals surface area contributed by atoms with Crippen LogP contribution in [0, 0.1) is 0 Å². The highest BCUT2D eigenvalue weighted by Crippen LogP contribution is 2.21. The molecule has 0 aliphatic rings. The van der Waals surface area contributed by atoms with E-state index in [1.807, 2.05) is 0 Å². The fraction of sp³-hybridized carbons (Fsp3) is 0.0667. The number of hydrogen-bond acceptors (Lipinski definition) is 3. The predicted octanol–water partition coefficient (Wildman–Crippen LogP) is 2.80. The first-order chi connectivity index (χ1) is 9.95. The zero-order valence-corrected chi connectivity index (χ0v) is 11.7. The van der Waals surface area contributed by atoms with Crippen LogP contribution in [-0.4, -0.2) is 17.0 Å². The van der Waals surface area contributed by atoms with Gasteiger partial charge in [0.05, 0.1) is 17.7 Å². The zero-order valence-electron chi connectivity index (χ0n) is 11.0. The Bertz CT molecular complexity index is 684. The van der Waals surface area contributed by atoms with E-state index in [1.54, 1.807) is 24.3 Å². The van der Waals surface area contributed by atoms with E-state index >= 15 is 0 Å². The molecule has 2 rings (SSSR count). The van der Waals surface area contributed by atoms with Gasteiger partial charge in [-0.25, -0.2) is 4.79 Å². The van der Waals surface area contributed by atoms with Gasteiger partial charge < -0.3 is 16.2 Å². The maximum absolute atomic E-state index is 12.0. The van der Waals surface area contributed by atoms with Crippen molar-refractivity contribution in [1.82, 2.24) is 0 Å². The molecule has 0 aliphatic heterocycles. The molecule has 0 heterocycles. The number of aromatic carboxylic acids is 1. The lowest BCUT2D eigenvalue weighted by Gasteiger charge is -2.09. The number of halogens is 1. The molecule has 5 nitrogen and oxygen atoms in total. The summed E-state index contributed by atoms with van der Waals surface area (Å²) in [5.41, 5.74) is 7.13. The summed E-state index contributed by atoms with van der Waals surface area (Å²) in [4.78, 5) is 23.1. The van der Waals surface area contributed by atoms with Gasteiger partial charge >= 0.3 is 5.97 Å². The minimum Gasteiger partial charge on any atom is -0.478 e. The number of nitrogens with one attached hydrogen (secondary N) is 1. The first-order valence-electron chi connectivity index (χ1n) is 6.13. The molecule has 6 heteroatoms. The van der Waals surface area contributed by atoms with Crippen molar-refractivity contribution in [1.29, 1.82) is 0 Å². The lowest BCUT2D eigenvalue weighted by atomic mass is 10.1. The summed E-state index contributed by atoms with van der Waals surface area (Å²) in [6.07, 6.45) is 0.117. The summed E-state index contributed by atoms with van der Waals surface area (Å²) in [6.45, 7) is 0. The Kier molecular flexibility index (Phi) is 4.45. The molecule has 2 aromatic carbocycles. The average molecular weight is 305 g/mol. The monoisotopic (exact) mass is 304 g/mol. The predicted molar refractivity (Wildman–Crippen MR) is 81.6 cm³/mol. The number of amides is 1. The number of anilines is 2. The molecule has 0 saturated heterocycles. The van der Waals surface area contributed by atoms with Crippen LogP contribution in [0.5, 0.6) is 0 Å². The Morgan fingerprint density at radius 2 is 1.81 bits per heavy atom. The van der Waals surface area contributed by atoms with Crippen molar-refractivity contribution < 1.29 is 14.7 Å². The molecule has 0 bridgehead atoms. The minimum atomic E-state index is -1.13. The van der Waals surface area contributed by atoms with Crippen molar-refractivity contribution in [2.45, 2.75) is 6.42 Å². The summed E-state index contributed by atoms with van der Waals surface area (Å²) < 4.78 is 0. The third-order valence-corrected chi connectivity index (χ3v) is 3.07. The van der Waals surface area contributed by atoms with E-state index in [4.69, 9.17) is 22.4 Å². The third kappa shape index (κ3) is 3.97. The van der Waals surface area contributed by atoms with Crippen LogP contribution in [-0.2, 0) is 11.2 Å². The summed E-state index contributed by atoms with van der Waals surface area (Å²) in [5.74, 6) is -1.46. The summed E-state index contributed by atoms with van der Waals surface area (Å²) in [5, 5.41) is 12.0. The molecule has 0 aromatic heterocycles. The van der Waals surface area contributed by atoms with Gasteiger partial charge in [0.1, 0.15) is 0 Å². The first kappa shape index (κ1) is 14.9. The molecule has 21 heavy (non-hydrogen) atoms. The normalized spacial score (nSPS) is 10.1. The molecule has 108 valence electrons. The zero-order chi connectivity index (χ0) is 15.4. The van der Waals surface area contributed by atoms with Gasteiger partial charge in [0.15, 0.2) is 0 Å². The van der Waals surface area contributed by atoms with Crippen molar-refractivity contribution in [3.63, 3.8) is 0 Å². The van der Waals surface area contributed by atoms with Crippen molar-refractivity contribution in [3.8, 4) is 0 Å². The number of rotatable bonds is 4. The second kappa shape index (κ2) is 6.28. The van der Waals surface area contributed by atoms with Crippen LogP contribution in [0.4, 0.5) is 11.4 Å². The lowest BCUT2D eigenvalue weighted by molar-refractivity contribution is -0.115. The second-order valence-electron chi connectivity index (χ2n) is 4.46. The summed E-state index contributed by atoms with van der Waals surface area (Å²) in [6, 6.07) is 11.1. The summed E-state index contributed by atoms with van der Waals surface area (Å²) >= 11 is 5.82. The van der Waals surface area contributed by atoms with E-state index in [1.165, 1.54) is 18.2 Å². The second-order valence-corrected chi connectivity index (χ2v) is 4.90. The standard InChI is InChI=1S/C15H13ClN2O3/c16-10-3-6-12(15(20)21)13(8-10)18-14(19)7-9-1-4-11(17)5-2-9/h1-6,8H,7,17H2,(H,18,19)(H,20,21). The maximum atomic E-state index is 12.0. The van der Waals surface area contributed by atoms with Crippen LogP contribution in [0.1, 0.15) is 15.9 Å². The molecular formula is C15H13ClN2O3. The smallest absolute Gasteiger partial charge is 0.337 e. The van der Waals surface area contributed by atoms with Gasteiger partial charge in [0, 0.05) is 10.7 Å². The van der Waals surface area contributed by atoms with Crippen LogP contribution in [0.3, 0.4) is 0 Å². The number of benzene rings is 2. The van der Waals surface area contributed by atoms with Crippen LogP contribution in [0.25, 0.3) is 0 Å². The minimum absolute atomic E-state index is 0.00921. The van der Waals surface area contributed by atoms with Gasteiger partial charge in [-0.15, -0.1) is 0 Å². The Morgan fingerprint density at radius 3 is 2.43 bits per heavy atom. The Hall–Kier alpha value is -2.53. The average Bonchev–Trinajstić information content (AvgIpc) is 2.41. The number of nitrogens with two attached hydrogens (primary N) is 1. The number of nitrogen functional groups attached to an aromatic ring is 1. The number of carbonyl (C=O) groups excluding carboxylic acids is 1. The van der Waals surface area contributed by atoms with Crippen LogP contribution >= 0.6 is 11.6 Å². The van der Waals surface area contributed by atoms with Gasteiger partial charge in [0.2, 0.25) is 5.91 Å². The summed E-state index contributed by atoms with van der Waals surface area (Å²) in [7, 11) is 0. The van der Waals surface area contributed by atoms with E-state index < -0.39 is 5.97 Å². The van der Waals surface area contributed by atoms with E-state index in [-0.39, 0.29) is 23.6 Å². The molecule has 0 spiro atoms. The highest BCUT2D eigenvalue weighted by atomic mass is 35.5. The van der Waals surface area contributed by atoms with Gasteiger partial charge in [0.25, 0.3) is 0 Å². The number of carboxylic acid groups (broad SMARTS) is 1. The largest absolute Gasteiger partial charge is 0.478 e. The third-order valence-electron chi connectivity index (χ3n) is 2.83. The molecule has 0 radical (unpaired) electrons. The molecule has 0 saturated carbocycles. The fourth-order valence-corrected chi connectivity index (χ4v) is 1.99. The quantitative estimate of drug-likeness (QED) is 0.757. The number of hydrogen-bond donors (Lipinski definition) is 3. The lowest BCUT2D eigenvalue weighted by Crippen LogP contribution is -2.16. The van der Waals surface area contributed by atoms with E-state index in [2.05, 4.69) is 5.32 Å². The molecule has 1 amide bonds. The number of carboxylic acids is 1. The number of carbonyl (C=O) groups is 2. The van der Waals surface area contributed by atoms with Gasteiger partial charge in [-0.1, -0.05) is 23.7 Å². The fourth-order valence-electron chi connectivity index (χ4n) is 1.82. The van der Waals surface area contributed by atoms with Crippen LogP contribution < -0.4 is 11.1 Å². The topological polar surface area (TPSA) is 92.4 Å². The highest BCUT2D eigenvalue weighted by Gasteiger charge is 2.13. The molecule has 2 aromatic rings. The first-order valence-corrected chi connectivity index (χ1v) is 6.50. The molecule has 0 unspecified atom stereocenters. The van der Waals surface area contributed by atoms with Crippen LogP contribution in [0.2, 0.25) is 5.02 Å². The van der Waals surface area contributed by atoms with Gasteiger partial charge in [-0.2, -0.15) is 0 Å². The molecular weight excluding hydrogens is 292 g/mol. The van der Waals surface area contributed by atoms with E-state index in [9.17, 15) is 9.59 Å². The highest BCUT2D eigenvalue weighted by molar-refractivity contribution is 6.31. The van der Waals surface area contributed by atoms with Crippen LogP contribution in [0.15, 0.2) is 42.5 Å². The van der Waals surface area contributed by atoms with E-state index in [0.29, 0.717) is 10.7 Å². The van der Waals surface area contributed by atoms with Gasteiger partial charge in [-0.05, 0) is 35.9 Å². The Labute approximate surface area is 126 Å². The SMILES string of the molecule is Nc1ccc(CC(=O)Nc2cc(Cl)ccc2C(=O)O)cc1. The van der Waals surface area contributed by atoms with Crippen molar-refractivity contribution in [3.05, 3.63) is 58.6 Å². The Morgan fingerprint density at radius 1 is 1.14 bits per heavy atom. The molecule has 0 aliphatic carbocycles. The Balaban J connectivity index is 2.14. The molecule has 0 atom stereocenters. The van der Waals surface area contributed by atoms with E-state index in [0.717, 1.165) is 5.56 Å². The maximum Gasteiger partial charge on any atom is 0.337 e. The van der Waals surface area contributed by atoms with Gasteiger partial charge in [-0.3, -0.25) is 4.79 Å². The van der Waals surface area contributed by atoms with Crippen molar-refractivity contribution in [2.24, 2.45) is 0 Å². The molecule has 0 fully saturated rings. The van der Waals surface area contributed by atoms with Crippen molar-refractivity contribution in [2.75, 3.05) is 11.1 Å². The van der Waals surface area contributed by atoms with Crippen molar-refractivity contribution >= 4 is 34.9 Å². The molecule has 4 N–H and O–H groups in total.